The third-order valence-corrected chi connectivity index (χ3v) is 2.78. The highest BCUT2D eigenvalue weighted by atomic mass is 32.1. The molecule has 1 heterocycles. The Labute approximate surface area is 85.8 Å². The summed E-state index contributed by atoms with van der Waals surface area (Å²) < 4.78 is 4.74. The van der Waals surface area contributed by atoms with Gasteiger partial charge in [-0.25, -0.2) is 0 Å². The number of carbonyl (C=O) groups excluding carboxylic acids is 1. The lowest BCUT2D eigenvalue weighted by atomic mass is 10.2. The fraction of sp³-hybridized carbons (Fsp3) is 0. The highest BCUT2D eigenvalue weighted by Gasteiger charge is 2.01. The van der Waals surface area contributed by atoms with E-state index < -0.39 is 0 Å². The summed E-state index contributed by atoms with van der Waals surface area (Å²) in [4.78, 5) is 11.2. The molecule has 1 aromatic carbocycles. The van der Waals surface area contributed by atoms with E-state index in [0.717, 1.165) is 10.4 Å². The van der Waals surface area contributed by atoms with Crippen molar-refractivity contribution >= 4 is 17.8 Å². The largest absolute Gasteiger partial charge is 0.428 e. The predicted molar refractivity (Wildman–Crippen MR) is 56.4 cm³/mol. The van der Waals surface area contributed by atoms with E-state index in [1.54, 1.807) is 11.3 Å². The second-order valence-electron chi connectivity index (χ2n) is 2.73. The van der Waals surface area contributed by atoms with Crippen molar-refractivity contribution in [3.05, 3.63) is 41.8 Å². The molecule has 0 bridgehead atoms. The Morgan fingerprint density at radius 2 is 2.00 bits per heavy atom. The minimum absolute atomic E-state index is 0.441. The van der Waals surface area contributed by atoms with E-state index in [0.29, 0.717) is 12.2 Å². The summed E-state index contributed by atoms with van der Waals surface area (Å²) in [5.41, 5.74) is 1.14. The van der Waals surface area contributed by atoms with E-state index in [1.807, 2.05) is 41.8 Å². The van der Waals surface area contributed by atoms with Gasteiger partial charge < -0.3 is 4.74 Å². The van der Waals surface area contributed by atoms with Crippen LogP contribution in [-0.2, 0) is 4.79 Å². The quantitative estimate of drug-likeness (QED) is 0.718. The highest BCUT2D eigenvalue weighted by molar-refractivity contribution is 7.13. The van der Waals surface area contributed by atoms with Gasteiger partial charge in [-0.3, -0.25) is 4.79 Å². The molecule has 2 nitrogen and oxygen atoms in total. The Bertz CT molecular complexity index is 420. The van der Waals surface area contributed by atoms with Crippen LogP contribution < -0.4 is 4.74 Å². The van der Waals surface area contributed by atoms with Crippen molar-refractivity contribution in [2.24, 2.45) is 0 Å². The zero-order valence-electron chi connectivity index (χ0n) is 7.34. The Hall–Kier alpha value is -1.61. The van der Waals surface area contributed by atoms with E-state index >= 15 is 0 Å². The first kappa shape index (κ1) is 8.97. The van der Waals surface area contributed by atoms with Crippen molar-refractivity contribution in [1.82, 2.24) is 0 Å². The summed E-state index contributed by atoms with van der Waals surface area (Å²) in [6.45, 7) is 0.441. The minimum atomic E-state index is 0.441. The molecule has 0 atom stereocenters. The number of rotatable bonds is 3. The molecule has 0 spiro atoms. The van der Waals surface area contributed by atoms with Crippen LogP contribution in [0.25, 0.3) is 10.4 Å². The standard InChI is InChI=1S/C11H8O2S/c12-8-13-10-6-11(14-7-10)9-4-2-1-3-5-9/h1-8H. The van der Waals surface area contributed by atoms with E-state index in [9.17, 15) is 4.79 Å². The fourth-order valence-electron chi connectivity index (χ4n) is 1.19. The molecule has 2 aromatic rings. The number of thiophene rings is 1. The lowest BCUT2D eigenvalue weighted by molar-refractivity contribution is -0.120. The third kappa shape index (κ3) is 1.83. The van der Waals surface area contributed by atoms with E-state index in [2.05, 4.69) is 0 Å². The molecule has 14 heavy (non-hydrogen) atoms. The number of carbonyl (C=O) groups is 1. The number of ether oxygens (including phenoxy) is 1. The Morgan fingerprint density at radius 1 is 1.21 bits per heavy atom. The molecule has 0 aliphatic carbocycles. The summed E-state index contributed by atoms with van der Waals surface area (Å²) in [6.07, 6.45) is 0. The van der Waals surface area contributed by atoms with Crippen LogP contribution >= 0.6 is 11.3 Å². The first-order valence-corrected chi connectivity index (χ1v) is 5.02. The average molecular weight is 204 g/mol. The Kier molecular flexibility index (Phi) is 2.60. The fourth-order valence-corrected chi connectivity index (χ4v) is 2.01. The average Bonchev–Trinajstić information content (AvgIpc) is 2.68. The summed E-state index contributed by atoms with van der Waals surface area (Å²) in [6, 6.07) is 11.8. The zero-order chi connectivity index (χ0) is 9.80. The summed E-state index contributed by atoms with van der Waals surface area (Å²) in [5, 5.41) is 1.82. The molecule has 1 aromatic heterocycles. The molecule has 0 aliphatic rings. The van der Waals surface area contributed by atoms with Gasteiger partial charge in [-0.15, -0.1) is 11.3 Å². The van der Waals surface area contributed by atoms with Crippen LogP contribution in [0.2, 0.25) is 0 Å². The van der Waals surface area contributed by atoms with Crippen molar-refractivity contribution < 1.29 is 9.53 Å². The molecule has 0 aliphatic heterocycles. The molecular formula is C11H8O2S. The predicted octanol–water partition coefficient (Wildman–Crippen LogP) is 2.95. The maximum Gasteiger partial charge on any atom is 0.298 e. The van der Waals surface area contributed by atoms with Crippen molar-refractivity contribution in [2.75, 3.05) is 0 Å². The smallest absolute Gasteiger partial charge is 0.298 e. The SMILES string of the molecule is O=COc1csc(-c2ccccc2)c1. The minimum Gasteiger partial charge on any atom is -0.428 e. The zero-order valence-corrected chi connectivity index (χ0v) is 8.16. The van der Waals surface area contributed by atoms with Crippen LogP contribution in [0.5, 0.6) is 5.75 Å². The summed E-state index contributed by atoms with van der Waals surface area (Å²) in [7, 11) is 0. The van der Waals surface area contributed by atoms with Gasteiger partial charge in [-0.1, -0.05) is 30.3 Å². The molecule has 0 unspecified atom stereocenters. The number of hydrogen-bond acceptors (Lipinski definition) is 3. The topological polar surface area (TPSA) is 26.3 Å². The van der Waals surface area contributed by atoms with Gasteiger partial charge in [-0.2, -0.15) is 0 Å². The van der Waals surface area contributed by atoms with E-state index in [1.165, 1.54) is 0 Å². The Morgan fingerprint density at radius 3 is 2.71 bits per heavy atom. The molecular weight excluding hydrogens is 196 g/mol. The third-order valence-electron chi connectivity index (χ3n) is 1.82. The molecule has 0 fully saturated rings. The van der Waals surface area contributed by atoms with Crippen molar-refractivity contribution in [3.8, 4) is 16.2 Å². The first-order valence-electron chi connectivity index (χ1n) is 4.14. The molecule has 0 amide bonds. The van der Waals surface area contributed by atoms with Crippen LogP contribution in [0.4, 0.5) is 0 Å². The van der Waals surface area contributed by atoms with Gasteiger partial charge in [0.2, 0.25) is 0 Å². The normalized spacial score (nSPS) is 9.71. The molecule has 2 rings (SSSR count). The van der Waals surface area contributed by atoms with Gasteiger partial charge in [0.15, 0.2) is 0 Å². The van der Waals surface area contributed by atoms with Crippen LogP contribution in [0.3, 0.4) is 0 Å². The van der Waals surface area contributed by atoms with E-state index in [4.69, 9.17) is 4.74 Å². The number of benzene rings is 1. The van der Waals surface area contributed by atoms with Crippen LogP contribution in [-0.4, -0.2) is 6.47 Å². The van der Waals surface area contributed by atoms with Gasteiger partial charge >= 0.3 is 0 Å². The maximum atomic E-state index is 10.1. The monoisotopic (exact) mass is 204 g/mol. The molecule has 0 saturated carbocycles. The van der Waals surface area contributed by atoms with Gasteiger partial charge in [0.25, 0.3) is 6.47 Å². The van der Waals surface area contributed by atoms with Crippen LogP contribution in [0.1, 0.15) is 0 Å². The lowest BCUT2D eigenvalue weighted by Gasteiger charge is -1.94. The summed E-state index contributed by atoms with van der Waals surface area (Å²) >= 11 is 1.56. The van der Waals surface area contributed by atoms with Gasteiger partial charge in [0.1, 0.15) is 5.75 Å². The molecule has 0 saturated heterocycles. The van der Waals surface area contributed by atoms with Crippen LogP contribution in [0, 0.1) is 0 Å². The second kappa shape index (κ2) is 4.07. The number of hydrogen-bond donors (Lipinski definition) is 0. The highest BCUT2D eigenvalue weighted by Crippen LogP contribution is 2.30. The molecule has 3 heteroatoms. The van der Waals surface area contributed by atoms with Gasteiger partial charge in [0.05, 0.1) is 0 Å². The lowest BCUT2D eigenvalue weighted by Crippen LogP contribution is -1.84. The molecule has 0 radical (unpaired) electrons. The van der Waals surface area contributed by atoms with Crippen molar-refractivity contribution in [1.29, 1.82) is 0 Å². The second-order valence-corrected chi connectivity index (χ2v) is 3.64. The molecule has 0 N–H and O–H groups in total. The van der Waals surface area contributed by atoms with Crippen LogP contribution in [0.15, 0.2) is 41.8 Å². The maximum absolute atomic E-state index is 10.1. The van der Waals surface area contributed by atoms with E-state index in [-0.39, 0.29) is 0 Å². The van der Waals surface area contributed by atoms with Crippen molar-refractivity contribution in [2.45, 2.75) is 0 Å². The van der Waals surface area contributed by atoms with Gasteiger partial charge in [-0.05, 0) is 11.6 Å². The van der Waals surface area contributed by atoms with Crippen molar-refractivity contribution in [3.63, 3.8) is 0 Å². The Balaban J connectivity index is 2.29. The summed E-state index contributed by atoms with van der Waals surface area (Å²) in [5.74, 6) is 0.601. The first-order chi connectivity index (χ1) is 6.90. The van der Waals surface area contributed by atoms with Gasteiger partial charge in [0, 0.05) is 10.3 Å². The molecule has 70 valence electrons.